The van der Waals surface area contributed by atoms with Gasteiger partial charge in [0, 0.05) is 30.5 Å². The third kappa shape index (κ3) is 3.94. The van der Waals surface area contributed by atoms with Crippen LogP contribution in [0, 0.1) is 13.8 Å². The molecule has 8 nitrogen and oxygen atoms in total. The van der Waals surface area contributed by atoms with E-state index in [9.17, 15) is 9.59 Å². The summed E-state index contributed by atoms with van der Waals surface area (Å²) in [6, 6.07) is 12.1. The smallest absolute Gasteiger partial charge is 0.255 e. The summed E-state index contributed by atoms with van der Waals surface area (Å²) in [7, 11) is 0. The van der Waals surface area contributed by atoms with Crippen LogP contribution in [0.3, 0.4) is 0 Å². The molecule has 154 valence electrons. The summed E-state index contributed by atoms with van der Waals surface area (Å²) in [4.78, 5) is 38.5. The third-order valence-electron chi connectivity index (χ3n) is 5.23. The van der Waals surface area contributed by atoms with Crippen LogP contribution in [0.5, 0.6) is 0 Å². The Bertz CT molecular complexity index is 1050. The van der Waals surface area contributed by atoms with Gasteiger partial charge in [-0.05, 0) is 44.5 Å². The van der Waals surface area contributed by atoms with E-state index in [1.54, 1.807) is 47.2 Å². The molecular formula is C22H23N5O3. The molecule has 1 atom stereocenters. The average molecular weight is 405 g/mol. The molecule has 30 heavy (non-hydrogen) atoms. The highest BCUT2D eigenvalue weighted by molar-refractivity contribution is 5.96. The molecular weight excluding hydrogens is 382 g/mol. The van der Waals surface area contributed by atoms with Crippen molar-refractivity contribution in [2.24, 2.45) is 0 Å². The fourth-order valence-electron chi connectivity index (χ4n) is 3.70. The number of aromatic nitrogens is 3. The van der Waals surface area contributed by atoms with Gasteiger partial charge in [-0.1, -0.05) is 23.4 Å². The Morgan fingerprint density at radius 1 is 1.03 bits per heavy atom. The van der Waals surface area contributed by atoms with Gasteiger partial charge >= 0.3 is 0 Å². The van der Waals surface area contributed by atoms with E-state index in [4.69, 9.17) is 4.52 Å². The van der Waals surface area contributed by atoms with Crippen molar-refractivity contribution in [3.8, 4) is 0 Å². The van der Waals surface area contributed by atoms with Crippen LogP contribution in [0.2, 0.25) is 0 Å². The maximum Gasteiger partial charge on any atom is 0.255 e. The van der Waals surface area contributed by atoms with Gasteiger partial charge in [-0.15, -0.1) is 0 Å². The molecule has 1 saturated heterocycles. The van der Waals surface area contributed by atoms with E-state index < -0.39 is 6.04 Å². The minimum atomic E-state index is -0.526. The number of aryl methyl sites for hydroxylation is 2. The molecule has 4 rings (SSSR count). The zero-order valence-electron chi connectivity index (χ0n) is 17.0. The van der Waals surface area contributed by atoms with E-state index in [-0.39, 0.29) is 18.4 Å². The number of benzene rings is 1. The number of hydrogen-bond acceptors (Lipinski definition) is 6. The molecule has 1 aliphatic heterocycles. The molecule has 1 aliphatic rings. The molecule has 1 aromatic carbocycles. The molecule has 3 heterocycles. The van der Waals surface area contributed by atoms with E-state index in [1.165, 1.54) is 0 Å². The van der Waals surface area contributed by atoms with Crippen molar-refractivity contribution < 1.29 is 14.1 Å². The minimum absolute atomic E-state index is 0.115. The molecule has 2 amide bonds. The third-order valence-corrected chi connectivity index (χ3v) is 5.23. The summed E-state index contributed by atoms with van der Waals surface area (Å²) in [6.07, 6.45) is 2.31. The molecule has 0 saturated carbocycles. The second-order valence-electron chi connectivity index (χ2n) is 7.30. The van der Waals surface area contributed by atoms with Gasteiger partial charge in [0.1, 0.15) is 6.04 Å². The first-order valence-corrected chi connectivity index (χ1v) is 9.91. The molecule has 0 radical (unpaired) electrons. The first-order chi connectivity index (χ1) is 14.5. The van der Waals surface area contributed by atoms with E-state index in [1.807, 2.05) is 25.1 Å². The Morgan fingerprint density at radius 2 is 1.83 bits per heavy atom. The fourth-order valence-corrected chi connectivity index (χ4v) is 3.70. The van der Waals surface area contributed by atoms with Crippen molar-refractivity contribution in [2.75, 3.05) is 19.6 Å². The predicted molar refractivity (Wildman–Crippen MR) is 109 cm³/mol. The van der Waals surface area contributed by atoms with Crippen molar-refractivity contribution in [3.63, 3.8) is 0 Å². The van der Waals surface area contributed by atoms with Crippen LogP contribution in [-0.2, 0) is 0 Å². The zero-order valence-corrected chi connectivity index (χ0v) is 17.0. The topological polar surface area (TPSA) is 92.4 Å². The molecule has 1 fully saturated rings. The summed E-state index contributed by atoms with van der Waals surface area (Å²) in [5.74, 6) is 0.584. The van der Waals surface area contributed by atoms with Crippen LogP contribution in [0.25, 0.3) is 0 Å². The van der Waals surface area contributed by atoms with Crippen LogP contribution in [0.4, 0.5) is 0 Å². The van der Waals surface area contributed by atoms with Gasteiger partial charge in [0.25, 0.3) is 17.7 Å². The van der Waals surface area contributed by atoms with Gasteiger partial charge in [-0.3, -0.25) is 14.6 Å². The number of rotatable bonds is 3. The average Bonchev–Trinajstić information content (AvgIpc) is 3.07. The molecule has 0 spiro atoms. The van der Waals surface area contributed by atoms with Crippen LogP contribution in [0.1, 0.15) is 50.6 Å². The van der Waals surface area contributed by atoms with E-state index in [0.717, 1.165) is 0 Å². The standard InChI is InChI=1S/C22H23N5O3/c1-15-18(10-6-11-23-15)22(29)26-12-7-13-27(21(28)17-8-4-3-5-9-17)19(14-26)20-24-16(2)25-30-20/h3-6,8-11,19H,7,12-14H2,1-2H3. The lowest BCUT2D eigenvalue weighted by Crippen LogP contribution is -2.40. The lowest BCUT2D eigenvalue weighted by Gasteiger charge is -2.29. The lowest BCUT2D eigenvalue weighted by molar-refractivity contribution is 0.0592. The highest BCUT2D eigenvalue weighted by atomic mass is 16.5. The summed E-state index contributed by atoms with van der Waals surface area (Å²) < 4.78 is 5.43. The highest BCUT2D eigenvalue weighted by Crippen LogP contribution is 2.27. The van der Waals surface area contributed by atoms with Crippen LogP contribution in [-0.4, -0.2) is 56.4 Å². The molecule has 2 aromatic heterocycles. The summed E-state index contributed by atoms with van der Waals surface area (Å²) in [5, 5.41) is 3.89. The van der Waals surface area contributed by atoms with Gasteiger partial charge in [-0.25, -0.2) is 0 Å². The highest BCUT2D eigenvalue weighted by Gasteiger charge is 2.35. The second kappa shape index (κ2) is 8.44. The normalized spacial score (nSPS) is 16.9. The zero-order chi connectivity index (χ0) is 21.1. The van der Waals surface area contributed by atoms with Gasteiger partial charge in [-0.2, -0.15) is 4.98 Å². The van der Waals surface area contributed by atoms with E-state index >= 15 is 0 Å². The predicted octanol–water partition coefficient (Wildman–Crippen LogP) is 2.81. The molecule has 1 unspecified atom stereocenters. The Balaban J connectivity index is 1.67. The number of hydrogen-bond donors (Lipinski definition) is 0. The lowest BCUT2D eigenvalue weighted by atomic mass is 10.1. The quantitative estimate of drug-likeness (QED) is 0.665. The maximum atomic E-state index is 13.3. The van der Waals surface area contributed by atoms with Crippen molar-refractivity contribution in [1.82, 2.24) is 24.9 Å². The van der Waals surface area contributed by atoms with Crippen LogP contribution < -0.4 is 0 Å². The SMILES string of the molecule is Cc1noc(C2CN(C(=O)c3cccnc3C)CCCN2C(=O)c2ccccc2)n1. The molecule has 3 aromatic rings. The summed E-state index contributed by atoms with van der Waals surface area (Å²) >= 11 is 0. The van der Waals surface area contributed by atoms with Crippen molar-refractivity contribution in [3.05, 3.63) is 77.2 Å². The number of nitrogens with zero attached hydrogens (tertiary/aromatic N) is 5. The number of pyridine rings is 1. The van der Waals surface area contributed by atoms with E-state index in [2.05, 4.69) is 15.1 Å². The summed E-state index contributed by atoms with van der Waals surface area (Å²) in [6.45, 7) is 4.82. The number of carbonyl (C=O) groups is 2. The van der Waals surface area contributed by atoms with Crippen LogP contribution >= 0.6 is 0 Å². The van der Waals surface area contributed by atoms with Crippen molar-refractivity contribution in [1.29, 1.82) is 0 Å². The largest absolute Gasteiger partial charge is 0.337 e. The Kier molecular flexibility index (Phi) is 5.56. The monoisotopic (exact) mass is 405 g/mol. The Hall–Kier alpha value is -3.55. The second-order valence-corrected chi connectivity index (χ2v) is 7.30. The van der Waals surface area contributed by atoms with Crippen molar-refractivity contribution >= 4 is 11.8 Å². The molecule has 8 heteroatoms. The minimum Gasteiger partial charge on any atom is -0.337 e. The van der Waals surface area contributed by atoms with Gasteiger partial charge in [0.15, 0.2) is 5.82 Å². The molecule has 0 aliphatic carbocycles. The molecule has 0 bridgehead atoms. The summed E-state index contributed by atoms with van der Waals surface area (Å²) in [5.41, 5.74) is 1.82. The fraction of sp³-hybridized carbons (Fsp3) is 0.318. The van der Waals surface area contributed by atoms with Gasteiger partial charge in [0.05, 0.1) is 12.1 Å². The van der Waals surface area contributed by atoms with Crippen molar-refractivity contribution in [2.45, 2.75) is 26.3 Å². The first-order valence-electron chi connectivity index (χ1n) is 9.91. The van der Waals surface area contributed by atoms with E-state index in [0.29, 0.717) is 48.0 Å². The number of carbonyl (C=O) groups excluding carboxylic acids is 2. The van der Waals surface area contributed by atoms with Crippen LogP contribution in [0.15, 0.2) is 53.2 Å². The number of amides is 2. The first kappa shape index (κ1) is 19.8. The Morgan fingerprint density at radius 3 is 2.53 bits per heavy atom. The molecule has 0 N–H and O–H groups in total. The maximum absolute atomic E-state index is 13.3. The van der Waals surface area contributed by atoms with Gasteiger partial charge < -0.3 is 14.3 Å². The van der Waals surface area contributed by atoms with Gasteiger partial charge in [0.2, 0.25) is 0 Å². The Labute approximate surface area is 174 Å².